The topological polar surface area (TPSA) is 63.3 Å². The van der Waals surface area contributed by atoms with Crippen LogP contribution in [-0.4, -0.2) is 10.1 Å². The molecule has 118 valence electrons. The van der Waals surface area contributed by atoms with E-state index in [0.717, 1.165) is 10.6 Å². The van der Waals surface area contributed by atoms with Crippen LogP contribution >= 0.6 is 11.3 Å². The normalized spacial score (nSPS) is 11.0. The molecule has 4 nitrogen and oxygen atoms in total. The monoisotopic (exact) mass is 335 g/mol. The second kappa shape index (κ2) is 5.62. The summed E-state index contributed by atoms with van der Waals surface area (Å²) in [6, 6.07) is 14.9. The van der Waals surface area contributed by atoms with Crippen molar-refractivity contribution in [3.8, 4) is 27.8 Å². The van der Waals surface area contributed by atoms with Gasteiger partial charge in [0.1, 0.15) is 16.3 Å². The molecule has 2 aromatic carbocycles. The lowest BCUT2D eigenvalue weighted by Gasteiger charge is -2.03. The van der Waals surface area contributed by atoms with Crippen molar-refractivity contribution in [1.82, 2.24) is 4.98 Å². The molecule has 1 N–H and O–H groups in total. The first kappa shape index (κ1) is 14.7. The van der Waals surface area contributed by atoms with E-state index in [1.807, 2.05) is 31.2 Å². The molecule has 0 bridgehead atoms. The van der Waals surface area contributed by atoms with Gasteiger partial charge in [-0.3, -0.25) is 4.79 Å². The largest absolute Gasteiger partial charge is 0.501 e. The van der Waals surface area contributed by atoms with Crippen molar-refractivity contribution in [2.45, 2.75) is 6.92 Å². The molecule has 0 spiro atoms. The molecular weight excluding hydrogens is 322 g/mol. The van der Waals surface area contributed by atoms with Gasteiger partial charge in [0.15, 0.2) is 5.76 Å². The van der Waals surface area contributed by atoms with Gasteiger partial charge < -0.3 is 9.52 Å². The van der Waals surface area contributed by atoms with Crippen molar-refractivity contribution in [2.24, 2.45) is 0 Å². The number of benzene rings is 2. The standard InChI is InChI=1S/C19H13NO3S/c1-11-6-8-12(9-7-11)19-20-14(10-24-19)18-17(22)16(21)13-4-2-3-5-15(13)23-18/h2-10,22H,1H3. The minimum absolute atomic E-state index is 0.105. The number of nitrogens with zero attached hydrogens (tertiary/aromatic N) is 1. The molecular formula is C19H13NO3S. The zero-order valence-corrected chi connectivity index (χ0v) is 13.6. The third kappa shape index (κ3) is 2.39. The Hall–Kier alpha value is -2.92. The average Bonchev–Trinajstić information content (AvgIpc) is 3.08. The highest BCUT2D eigenvalue weighted by atomic mass is 32.1. The molecule has 0 saturated carbocycles. The number of para-hydroxylation sites is 1. The number of aryl methyl sites for hydroxylation is 1. The van der Waals surface area contributed by atoms with Gasteiger partial charge in [-0.15, -0.1) is 11.3 Å². The maximum absolute atomic E-state index is 12.3. The van der Waals surface area contributed by atoms with Crippen molar-refractivity contribution >= 4 is 22.3 Å². The van der Waals surface area contributed by atoms with Crippen molar-refractivity contribution in [3.63, 3.8) is 0 Å². The van der Waals surface area contributed by atoms with Crippen LogP contribution in [0.5, 0.6) is 5.75 Å². The molecule has 2 aromatic heterocycles. The Morgan fingerprint density at radius 3 is 2.62 bits per heavy atom. The average molecular weight is 335 g/mol. The van der Waals surface area contributed by atoms with Gasteiger partial charge in [-0.05, 0) is 19.1 Å². The summed E-state index contributed by atoms with van der Waals surface area (Å²) in [5, 5.41) is 13.2. The second-order valence-electron chi connectivity index (χ2n) is 5.51. The van der Waals surface area contributed by atoms with E-state index >= 15 is 0 Å². The minimum atomic E-state index is -0.447. The molecule has 4 rings (SSSR count). The number of hydrogen-bond acceptors (Lipinski definition) is 5. The summed E-state index contributed by atoms with van der Waals surface area (Å²) < 4.78 is 5.72. The molecule has 0 fully saturated rings. The summed E-state index contributed by atoms with van der Waals surface area (Å²) >= 11 is 1.44. The maximum atomic E-state index is 12.3. The first-order chi connectivity index (χ1) is 11.6. The number of aromatic hydroxyl groups is 1. The Labute approximate surface area is 141 Å². The van der Waals surface area contributed by atoms with Crippen LogP contribution in [0.1, 0.15) is 5.56 Å². The summed E-state index contributed by atoms with van der Waals surface area (Å²) in [5.74, 6) is -0.303. The van der Waals surface area contributed by atoms with Gasteiger partial charge in [0.05, 0.1) is 5.39 Å². The molecule has 0 saturated heterocycles. The van der Waals surface area contributed by atoms with Gasteiger partial charge in [0.2, 0.25) is 11.2 Å². The van der Waals surface area contributed by atoms with E-state index in [2.05, 4.69) is 4.98 Å². The van der Waals surface area contributed by atoms with Gasteiger partial charge in [-0.2, -0.15) is 0 Å². The van der Waals surface area contributed by atoms with Crippen molar-refractivity contribution in [1.29, 1.82) is 0 Å². The molecule has 5 heteroatoms. The predicted molar refractivity (Wildman–Crippen MR) is 95.4 cm³/mol. The Bertz CT molecular complexity index is 1090. The van der Waals surface area contributed by atoms with Crippen LogP contribution < -0.4 is 5.43 Å². The fourth-order valence-corrected chi connectivity index (χ4v) is 3.32. The lowest BCUT2D eigenvalue weighted by atomic mass is 10.1. The maximum Gasteiger partial charge on any atom is 0.235 e. The number of thiazole rings is 1. The van der Waals surface area contributed by atoms with E-state index < -0.39 is 11.2 Å². The van der Waals surface area contributed by atoms with E-state index in [1.54, 1.807) is 29.6 Å². The Morgan fingerprint density at radius 1 is 1.08 bits per heavy atom. The molecule has 0 aliphatic carbocycles. The molecule has 0 atom stereocenters. The smallest absolute Gasteiger partial charge is 0.235 e. The third-order valence-corrected chi connectivity index (χ3v) is 4.70. The van der Waals surface area contributed by atoms with Crippen LogP contribution in [0.25, 0.3) is 33.0 Å². The van der Waals surface area contributed by atoms with E-state index in [1.165, 1.54) is 16.9 Å². The highest BCUT2D eigenvalue weighted by Crippen LogP contribution is 2.33. The van der Waals surface area contributed by atoms with Crippen LogP contribution in [0.2, 0.25) is 0 Å². The molecule has 24 heavy (non-hydrogen) atoms. The minimum Gasteiger partial charge on any atom is -0.501 e. The van der Waals surface area contributed by atoms with E-state index in [4.69, 9.17) is 4.42 Å². The summed E-state index contributed by atoms with van der Waals surface area (Å²) in [6.45, 7) is 2.03. The van der Waals surface area contributed by atoms with Crippen LogP contribution in [0.15, 0.2) is 63.1 Å². The van der Waals surface area contributed by atoms with Crippen LogP contribution in [0, 0.1) is 6.92 Å². The first-order valence-corrected chi connectivity index (χ1v) is 8.29. The van der Waals surface area contributed by atoms with E-state index in [9.17, 15) is 9.90 Å². The van der Waals surface area contributed by atoms with Crippen LogP contribution in [-0.2, 0) is 0 Å². The van der Waals surface area contributed by atoms with Gasteiger partial charge in [-0.1, -0.05) is 42.0 Å². The highest BCUT2D eigenvalue weighted by Gasteiger charge is 2.18. The number of hydrogen-bond donors (Lipinski definition) is 1. The molecule has 0 amide bonds. The fraction of sp³-hybridized carbons (Fsp3) is 0.0526. The SMILES string of the molecule is Cc1ccc(-c2nc(-c3oc4ccccc4c(=O)c3O)cs2)cc1. The van der Waals surface area contributed by atoms with Gasteiger partial charge >= 0.3 is 0 Å². The van der Waals surface area contributed by atoms with Gasteiger partial charge in [0, 0.05) is 10.9 Å². The number of rotatable bonds is 2. The predicted octanol–water partition coefficient (Wildman–Crippen LogP) is 4.60. The summed E-state index contributed by atoms with van der Waals surface area (Å²) in [4.78, 5) is 16.8. The zero-order chi connectivity index (χ0) is 16.7. The molecule has 0 radical (unpaired) electrons. The third-order valence-electron chi connectivity index (χ3n) is 3.81. The summed E-state index contributed by atoms with van der Waals surface area (Å²) in [5.41, 5.74) is 2.60. The Morgan fingerprint density at radius 2 is 1.83 bits per heavy atom. The number of aromatic nitrogens is 1. The van der Waals surface area contributed by atoms with Crippen molar-refractivity contribution in [2.75, 3.05) is 0 Å². The van der Waals surface area contributed by atoms with E-state index in [0.29, 0.717) is 16.7 Å². The zero-order valence-electron chi connectivity index (χ0n) is 12.8. The number of fused-ring (bicyclic) bond motifs is 1. The quantitative estimate of drug-likeness (QED) is 0.581. The van der Waals surface area contributed by atoms with Gasteiger partial charge in [-0.25, -0.2) is 4.98 Å². The Balaban J connectivity index is 1.85. The first-order valence-electron chi connectivity index (χ1n) is 7.41. The fourth-order valence-electron chi connectivity index (χ4n) is 2.51. The summed E-state index contributed by atoms with van der Waals surface area (Å²) in [6.07, 6.45) is 0. The van der Waals surface area contributed by atoms with Crippen LogP contribution in [0.4, 0.5) is 0 Å². The van der Waals surface area contributed by atoms with E-state index in [-0.39, 0.29) is 5.76 Å². The van der Waals surface area contributed by atoms with Crippen molar-refractivity contribution < 1.29 is 9.52 Å². The molecule has 0 unspecified atom stereocenters. The highest BCUT2D eigenvalue weighted by molar-refractivity contribution is 7.13. The molecule has 2 heterocycles. The lowest BCUT2D eigenvalue weighted by molar-refractivity contribution is 0.448. The molecule has 0 aliphatic rings. The molecule has 4 aromatic rings. The Kier molecular flexibility index (Phi) is 3.43. The summed E-state index contributed by atoms with van der Waals surface area (Å²) in [7, 11) is 0. The molecule has 0 aliphatic heterocycles. The van der Waals surface area contributed by atoms with Gasteiger partial charge in [0.25, 0.3) is 0 Å². The second-order valence-corrected chi connectivity index (χ2v) is 6.37. The van der Waals surface area contributed by atoms with Crippen LogP contribution in [0.3, 0.4) is 0 Å². The van der Waals surface area contributed by atoms with Crippen molar-refractivity contribution in [3.05, 3.63) is 69.7 Å². The lowest BCUT2D eigenvalue weighted by Crippen LogP contribution is -2.02.